The van der Waals surface area contributed by atoms with Crippen LogP contribution in [0.4, 0.5) is 4.79 Å². The number of carbonyl (C=O) groups excluding carboxylic acids is 1. The third-order valence-electron chi connectivity index (χ3n) is 2.20. The normalized spacial score (nSPS) is 12.7. The van der Waals surface area contributed by atoms with Crippen molar-refractivity contribution < 1.29 is 37.8 Å². The van der Waals surface area contributed by atoms with E-state index in [1.165, 1.54) is 18.6 Å². The second-order valence-electron chi connectivity index (χ2n) is 4.42. The zero-order valence-electron chi connectivity index (χ0n) is 11.5. The Kier molecular flexibility index (Phi) is 7.66. The van der Waals surface area contributed by atoms with Crippen LogP contribution in [0.25, 0.3) is 0 Å². The van der Waals surface area contributed by atoms with E-state index in [4.69, 9.17) is 10.2 Å². The van der Waals surface area contributed by atoms with E-state index in [0.29, 0.717) is 0 Å². The Morgan fingerprint density at radius 3 is 2.19 bits per heavy atom. The van der Waals surface area contributed by atoms with Crippen LogP contribution in [0.1, 0.15) is 26.7 Å². The molecule has 0 aliphatic rings. The van der Waals surface area contributed by atoms with Gasteiger partial charge in [0.15, 0.2) is 0 Å². The third kappa shape index (κ3) is 8.81. The van der Waals surface area contributed by atoms with Crippen molar-refractivity contribution in [2.24, 2.45) is 5.92 Å². The number of hydrogen-bond acceptors (Lipinski definition) is 6. The van der Waals surface area contributed by atoms with E-state index >= 15 is 0 Å². The Hall–Kier alpha value is -1.88. The molecule has 0 spiro atoms. The van der Waals surface area contributed by atoms with Crippen LogP contribution in [-0.2, 0) is 24.5 Å². The van der Waals surface area contributed by atoms with Gasteiger partial charge in [0.2, 0.25) is 0 Å². The lowest BCUT2D eigenvalue weighted by Gasteiger charge is -2.17. The van der Waals surface area contributed by atoms with Gasteiger partial charge in [-0.1, -0.05) is 13.8 Å². The lowest BCUT2D eigenvalue weighted by molar-refractivity contribution is -0.140. The summed E-state index contributed by atoms with van der Waals surface area (Å²) in [6.07, 6.45) is -1.52. The van der Waals surface area contributed by atoms with Crippen molar-refractivity contribution in [1.82, 2.24) is 9.44 Å². The van der Waals surface area contributed by atoms with Crippen molar-refractivity contribution in [2.45, 2.75) is 32.7 Å². The average molecular weight is 326 g/mol. The molecule has 0 saturated heterocycles. The quantitative estimate of drug-likeness (QED) is 0.413. The molecule has 21 heavy (non-hydrogen) atoms. The molecular weight excluding hydrogens is 308 g/mol. The second kappa shape index (κ2) is 8.42. The Labute approximate surface area is 121 Å². The molecule has 1 atom stereocenters. The maximum atomic E-state index is 11.5. The maximum absolute atomic E-state index is 11.5. The molecule has 0 fully saturated rings. The lowest BCUT2D eigenvalue weighted by atomic mass is 10.1. The number of carboxylic acids is 2. The van der Waals surface area contributed by atoms with Crippen molar-refractivity contribution in [3.8, 4) is 0 Å². The standard InChI is InChI=1S/C10H18N2O8S/c1-6(2)8(9(15)16)11-21(18,19)12-10(17)20-5-3-4-7(13)14/h6,8,11H,3-5H2,1-2H3,(H,12,17)(H,13,14)(H,15,16). The summed E-state index contributed by atoms with van der Waals surface area (Å²) in [5.41, 5.74) is 0. The summed E-state index contributed by atoms with van der Waals surface area (Å²) in [7, 11) is -4.40. The van der Waals surface area contributed by atoms with Crippen LogP contribution in [0, 0.1) is 5.92 Å². The van der Waals surface area contributed by atoms with E-state index in [1.807, 2.05) is 0 Å². The molecule has 0 aliphatic carbocycles. The summed E-state index contributed by atoms with van der Waals surface area (Å²) >= 11 is 0. The number of carboxylic acid groups (broad SMARTS) is 2. The van der Waals surface area contributed by atoms with Gasteiger partial charge in [-0.3, -0.25) is 9.59 Å². The maximum Gasteiger partial charge on any atom is 0.421 e. The minimum atomic E-state index is -4.40. The van der Waals surface area contributed by atoms with Gasteiger partial charge in [0.25, 0.3) is 0 Å². The van der Waals surface area contributed by atoms with E-state index in [2.05, 4.69) is 4.74 Å². The molecule has 0 aromatic heterocycles. The number of ether oxygens (including phenoxy) is 1. The lowest BCUT2D eigenvalue weighted by Crippen LogP contribution is -2.50. The first-order valence-corrected chi connectivity index (χ1v) is 7.45. The number of nitrogens with one attached hydrogen (secondary N) is 2. The zero-order chi connectivity index (χ0) is 16.6. The summed E-state index contributed by atoms with van der Waals surface area (Å²) in [5, 5.41) is 17.2. The monoisotopic (exact) mass is 326 g/mol. The third-order valence-corrected chi connectivity index (χ3v) is 3.20. The Bertz CT molecular complexity index is 487. The molecule has 0 heterocycles. The van der Waals surface area contributed by atoms with Crippen LogP contribution < -0.4 is 9.44 Å². The van der Waals surface area contributed by atoms with Crippen molar-refractivity contribution >= 4 is 28.2 Å². The summed E-state index contributed by atoms with van der Waals surface area (Å²) in [5.74, 6) is -3.00. The highest BCUT2D eigenvalue weighted by molar-refractivity contribution is 7.88. The van der Waals surface area contributed by atoms with E-state index in [9.17, 15) is 22.8 Å². The van der Waals surface area contributed by atoms with Crippen LogP contribution in [0.3, 0.4) is 0 Å². The van der Waals surface area contributed by atoms with Crippen LogP contribution in [0.2, 0.25) is 0 Å². The number of carbonyl (C=O) groups is 3. The van der Waals surface area contributed by atoms with Gasteiger partial charge in [0.1, 0.15) is 6.04 Å². The fraction of sp³-hybridized carbons (Fsp3) is 0.700. The van der Waals surface area contributed by atoms with Crippen molar-refractivity contribution in [2.75, 3.05) is 6.61 Å². The number of hydrogen-bond donors (Lipinski definition) is 4. The SMILES string of the molecule is CC(C)C(NS(=O)(=O)NC(=O)OCCCC(=O)O)C(=O)O. The first kappa shape index (κ1) is 19.1. The number of amides is 1. The van der Waals surface area contributed by atoms with E-state index in [0.717, 1.165) is 0 Å². The predicted molar refractivity (Wildman–Crippen MR) is 69.7 cm³/mol. The van der Waals surface area contributed by atoms with Crippen molar-refractivity contribution in [1.29, 1.82) is 0 Å². The molecule has 10 nitrogen and oxygen atoms in total. The molecule has 122 valence electrons. The van der Waals surface area contributed by atoms with Gasteiger partial charge in [-0.05, 0) is 12.3 Å². The molecule has 0 aliphatic heterocycles. The Morgan fingerprint density at radius 1 is 1.19 bits per heavy atom. The second-order valence-corrected chi connectivity index (χ2v) is 5.86. The minimum absolute atomic E-state index is 0.0278. The molecule has 4 N–H and O–H groups in total. The minimum Gasteiger partial charge on any atom is -0.481 e. The first-order valence-electron chi connectivity index (χ1n) is 5.96. The number of aliphatic carboxylic acids is 2. The first-order chi connectivity index (χ1) is 9.55. The molecule has 0 aromatic rings. The van der Waals surface area contributed by atoms with Crippen LogP contribution in [0.15, 0.2) is 0 Å². The van der Waals surface area contributed by atoms with E-state index in [1.54, 1.807) is 4.72 Å². The van der Waals surface area contributed by atoms with Gasteiger partial charge in [0, 0.05) is 6.42 Å². The molecule has 1 unspecified atom stereocenters. The highest BCUT2D eigenvalue weighted by Crippen LogP contribution is 2.03. The van der Waals surface area contributed by atoms with Gasteiger partial charge in [-0.15, -0.1) is 0 Å². The van der Waals surface area contributed by atoms with Gasteiger partial charge in [-0.25, -0.2) is 9.52 Å². The smallest absolute Gasteiger partial charge is 0.421 e. The van der Waals surface area contributed by atoms with Gasteiger partial charge < -0.3 is 14.9 Å². The van der Waals surface area contributed by atoms with E-state index < -0.39 is 40.2 Å². The van der Waals surface area contributed by atoms with Gasteiger partial charge in [-0.2, -0.15) is 13.1 Å². The zero-order valence-corrected chi connectivity index (χ0v) is 12.3. The molecule has 1 amide bonds. The van der Waals surface area contributed by atoms with Gasteiger partial charge >= 0.3 is 28.2 Å². The summed E-state index contributed by atoms with van der Waals surface area (Å²) in [6, 6.07) is -1.40. The molecule has 0 radical (unpaired) electrons. The fourth-order valence-corrected chi connectivity index (χ4v) is 2.24. The Balaban J connectivity index is 4.36. The molecule has 0 bridgehead atoms. The largest absolute Gasteiger partial charge is 0.481 e. The molecule has 0 rings (SSSR count). The molecule has 0 aromatic carbocycles. The fourth-order valence-electron chi connectivity index (χ4n) is 1.20. The van der Waals surface area contributed by atoms with Crippen molar-refractivity contribution in [3.63, 3.8) is 0 Å². The summed E-state index contributed by atoms with van der Waals surface area (Å²) in [6.45, 7) is 2.71. The van der Waals surface area contributed by atoms with E-state index in [-0.39, 0.29) is 19.4 Å². The van der Waals surface area contributed by atoms with Gasteiger partial charge in [0.05, 0.1) is 6.61 Å². The average Bonchev–Trinajstić information content (AvgIpc) is 2.30. The molecule has 11 heteroatoms. The van der Waals surface area contributed by atoms with Crippen LogP contribution >= 0.6 is 0 Å². The van der Waals surface area contributed by atoms with Crippen LogP contribution in [0.5, 0.6) is 0 Å². The predicted octanol–water partition coefficient (Wildman–Crippen LogP) is -0.479. The topological polar surface area (TPSA) is 159 Å². The molecular formula is C10H18N2O8S. The number of rotatable bonds is 9. The van der Waals surface area contributed by atoms with Crippen molar-refractivity contribution in [3.05, 3.63) is 0 Å². The highest BCUT2D eigenvalue weighted by Gasteiger charge is 2.28. The Morgan fingerprint density at radius 2 is 1.76 bits per heavy atom. The van der Waals surface area contributed by atoms with Crippen LogP contribution in [-0.4, -0.2) is 49.3 Å². The highest BCUT2D eigenvalue weighted by atomic mass is 32.2. The molecule has 0 saturated carbocycles. The summed E-state index contributed by atoms with van der Waals surface area (Å²) in [4.78, 5) is 32.2. The summed E-state index contributed by atoms with van der Waals surface area (Å²) < 4.78 is 30.8.